The summed E-state index contributed by atoms with van der Waals surface area (Å²) >= 11 is 0. The highest BCUT2D eigenvalue weighted by Crippen LogP contribution is 2.25. The fourth-order valence-corrected chi connectivity index (χ4v) is 1.35. The van der Waals surface area contributed by atoms with Gasteiger partial charge in [-0.1, -0.05) is 0 Å². The molecule has 8 heteroatoms. The van der Waals surface area contributed by atoms with Crippen molar-refractivity contribution >= 4 is 17.2 Å². The largest absolute Gasteiger partial charge is 0.451 e. The minimum atomic E-state index is -4.57. The highest BCUT2D eigenvalue weighted by atomic mass is 32.2. The predicted molar refractivity (Wildman–Crippen MR) is 62.5 cm³/mol. The Labute approximate surface area is 105 Å². The second-order valence-electron chi connectivity index (χ2n) is 4.43. The summed E-state index contributed by atoms with van der Waals surface area (Å²) < 4.78 is 51.3. The Bertz CT molecular complexity index is 463. The molecule has 0 aromatic carbocycles. The van der Waals surface area contributed by atoms with Gasteiger partial charge in [0.05, 0.1) is 4.75 Å². The van der Waals surface area contributed by atoms with E-state index in [1.54, 1.807) is 20.8 Å². The number of nitrogens with zero attached hydrogens (tertiary/aromatic N) is 3. The zero-order valence-corrected chi connectivity index (χ0v) is 10.8. The topological polar surface area (TPSA) is 55.2 Å². The second-order valence-corrected chi connectivity index (χ2v) is 6.37. The van der Waals surface area contributed by atoms with Gasteiger partial charge in [0.15, 0.2) is 0 Å². The molecule has 0 saturated heterocycles. The van der Waals surface area contributed by atoms with Gasteiger partial charge in [-0.15, -0.1) is 0 Å². The van der Waals surface area contributed by atoms with Gasteiger partial charge >= 0.3 is 6.18 Å². The minimum Gasteiger partial charge on any atom is -0.234 e. The Morgan fingerprint density at radius 2 is 1.72 bits per heavy atom. The van der Waals surface area contributed by atoms with Crippen molar-refractivity contribution in [3.05, 3.63) is 23.8 Å². The fourth-order valence-electron chi connectivity index (χ4n) is 0.818. The van der Waals surface area contributed by atoms with Crippen molar-refractivity contribution in [1.82, 2.24) is 9.97 Å². The van der Waals surface area contributed by atoms with Crippen LogP contribution in [-0.4, -0.2) is 25.1 Å². The van der Waals surface area contributed by atoms with Crippen molar-refractivity contribution in [1.29, 1.82) is 0 Å². The van der Waals surface area contributed by atoms with Gasteiger partial charge in [0.25, 0.3) is 0 Å². The molecular weight excluding hydrogens is 267 g/mol. The van der Waals surface area contributed by atoms with Gasteiger partial charge < -0.3 is 0 Å². The van der Waals surface area contributed by atoms with Gasteiger partial charge in [0.2, 0.25) is 5.82 Å². The first kappa shape index (κ1) is 14.7. The zero-order chi connectivity index (χ0) is 14.0. The summed E-state index contributed by atoms with van der Waals surface area (Å²) in [5.74, 6) is -1.21. The quantitative estimate of drug-likeness (QED) is 0.781. The first-order chi connectivity index (χ1) is 8.10. The van der Waals surface area contributed by atoms with E-state index < -0.39 is 27.7 Å². The van der Waals surface area contributed by atoms with E-state index >= 15 is 0 Å². The van der Waals surface area contributed by atoms with Gasteiger partial charge in [-0.3, -0.25) is 0 Å². The Kier molecular flexibility index (Phi) is 4.20. The number of alkyl halides is 3. The average molecular weight is 279 g/mol. The normalized spacial score (nSPS) is 15.0. The standard InChI is InChI=1S/C10H12F3N3OS/c1-9(2,3)18(17)16-6-7-4-14-8(15-5-7)10(11,12)13/h4-6H,1-3H3. The molecule has 0 aliphatic heterocycles. The van der Waals surface area contributed by atoms with Crippen molar-refractivity contribution in [3.8, 4) is 0 Å². The molecule has 1 rings (SSSR count). The van der Waals surface area contributed by atoms with Crippen molar-refractivity contribution in [2.75, 3.05) is 0 Å². The molecule has 1 atom stereocenters. The zero-order valence-electron chi connectivity index (χ0n) is 10.0. The SMILES string of the molecule is CC(C)(C)S(=O)N=Cc1cnc(C(F)(F)F)nc1. The lowest BCUT2D eigenvalue weighted by Gasteiger charge is -2.12. The summed E-state index contributed by atoms with van der Waals surface area (Å²) in [5, 5.41) is 0. The lowest BCUT2D eigenvalue weighted by molar-refractivity contribution is -0.145. The van der Waals surface area contributed by atoms with E-state index in [1.165, 1.54) is 6.21 Å². The molecule has 4 nitrogen and oxygen atoms in total. The number of hydrogen-bond acceptors (Lipinski definition) is 3. The molecule has 1 heterocycles. The molecule has 18 heavy (non-hydrogen) atoms. The summed E-state index contributed by atoms with van der Waals surface area (Å²) in [5.41, 5.74) is 0.264. The molecule has 0 spiro atoms. The first-order valence-electron chi connectivity index (χ1n) is 4.96. The number of hydrogen-bond donors (Lipinski definition) is 0. The van der Waals surface area contributed by atoms with Crippen molar-refractivity contribution in [2.45, 2.75) is 31.7 Å². The molecule has 0 saturated carbocycles. The van der Waals surface area contributed by atoms with Crippen LogP contribution in [0.25, 0.3) is 0 Å². The van der Waals surface area contributed by atoms with E-state index in [-0.39, 0.29) is 5.56 Å². The maximum atomic E-state index is 12.2. The van der Waals surface area contributed by atoms with E-state index in [2.05, 4.69) is 14.4 Å². The molecular formula is C10H12F3N3OS. The molecule has 100 valence electrons. The minimum absolute atomic E-state index is 0.264. The van der Waals surface area contributed by atoms with Crippen molar-refractivity contribution < 1.29 is 17.4 Å². The molecule has 0 aliphatic carbocycles. The average Bonchev–Trinajstić information content (AvgIpc) is 2.24. The third-order valence-electron chi connectivity index (χ3n) is 1.75. The van der Waals surface area contributed by atoms with Crippen LogP contribution >= 0.6 is 0 Å². The van der Waals surface area contributed by atoms with E-state index in [0.717, 1.165) is 12.4 Å². The molecule has 1 unspecified atom stereocenters. The molecule has 1 aromatic heterocycles. The highest BCUT2D eigenvalue weighted by molar-refractivity contribution is 7.85. The van der Waals surface area contributed by atoms with E-state index in [1.807, 2.05) is 0 Å². The van der Waals surface area contributed by atoms with Crippen molar-refractivity contribution in [3.63, 3.8) is 0 Å². The third-order valence-corrected chi connectivity index (χ3v) is 3.09. The first-order valence-corrected chi connectivity index (χ1v) is 6.06. The Hall–Kier alpha value is -1.31. The van der Waals surface area contributed by atoms with Gasteiger partial charge in [0.1, 0.15) is 11.0 Å². The van der Waals surface area contributed by atoms with Crippen LogP contribution in [0, 0.1) is 0 Å². The highest BCUT2D eigenvalue weighted by Gasteiger charge is 2.34. The molecule has 0 bridgehead atoms. The van der Waals surface area contributed by atoms with Crippen LogP contribution < -0.4 is 0 Å². The molecule has 0 radical (unpaired) electrons. The van der Waals surface area contributed by atoms with Crippen LogP contribution in [-0.2, 0) is 17.2 Å². The van der Waals surface area contributed by atoms with Crippen molar-refractivity contribution in [2.24, 2.45) is 4.40 Å². The van der Waals surface area contributed by atoms with E-state index in [4.69, 9.17) is 0 Å². The van der Waals surface area contributed by atoms with E-state index in [0.29, 0.717) is 0 Å². The second kappa shape index (κ2) is 5.13. The molecule has 0 fully saturated rings. The summed E-state index contributed by atoms with van der Waals surface area (Å²) in [6.07, 6.45) is -1.40. The summed E-state index contributed by atoms with van der Waals surface area (Å²) in [4.78, 5) is 6.33. The predicted octanol–water partition coefficient (Wildman–Crippen LogP) is 2.38. The summed E-state index contributed by atoms with van der Waals surface area (Å²) in [7, 11) is -1.47. The van der Waals surface area contributed by atoms with Gasteiger partial charge in [0, 0.05) is 24.2 Å². The maximum Gasteiger partial charge on any atom is 0.451 e. The number of rotatable bonds is 2. The third kappa shape index (κ3) is 4.17. The summed E-state index contributed by atoms with van der Waals surface area (Å²) in [6.45, 7) is 5.22. The lowest BCUT2D eigenvalue weighted by atomic mass is 10.3. The fraction of sp³-hybridized carbons (Fsp3) is 0.500. The Morgan fingerprint density at radius 1 is 1.22 bits per heavy atom. The van der Waals surface area contributed by atoms with Crippen LogP contribution in [0.5, 0.6) is 0 Å². The van der Waals surface area contributed by atoms with Gasteiger partial charge in [-0.25, -0.2) is 14.2 Å². The molecule has 0 aliphatic rings. The lowest BCUT2D eigenvalue weighted by Crippen LogP contribution is -2.19. The van der Waals surface area contributed by atoms with Crippen LogP contribution in [0.1, 0.15) is 32.2 Å². The smallest absolute Gasteiger partial charge is 0.234 e. The number of halogens is 3. The van der Waals surface area contributed by atoms with E-state index in [9.17, 15) is 17.4 Å². The molecule has 0 amide bonds. The Morgan fingerprint density at radius 3 is 2.11 bits per heavy atom. The Balaban J connectivity index is 2.82. The van der Waals surface area contributed by atoms with Gasteiger partial charge in [-0.2, -0.15) is 17.6 Å². The van der Waals surface area contributed by atoms with Gasteiger partial charge in [-0.05, 0) is 20.8 Å². The van der Waals surface area contributed by atoms with Crippen LogP contribution in [0.15, 0.2) is 16.8 Å². The molecule has 0 N–H and O–H groups in total. The van der Waals surface area contributed by atoms with Crippen LogP contribution in [0.4, 0.5) is 13.2 Å². The summed E-state index contributed by atoms with van der Waals surface area (Å²) in [6, 6.07) is 0. The monoisotopic (exact) mass is 279 g/mol. The molecule has 1 aromatic rings. The van der Waals surface area contributed by atoms with Crippen LogP contribution in [0.3, 0.4) is 0 Å². The number of aromatic nitrogens is 2. The van der Waals surface area contributed by atoms with Crippen LogP contribution in [0.2, 0.25) is 0 Å². The maximum absolute atomic E-state index is 12.2.